The summed E-state index contributed by atoms with van der Waals surface area (Å²) in [5.41, 5.74) is 1.85. The van der Waals surface area contributed by atoms with E-state index in [-0.39, 0.29) is 12.7 Å². The molecule has 2 aromatic rings. The molecule has 2 aromatic heterocycles. The summed E-state index contributed by atoms with van der Waals surface area (Å²) in [4.78, 5) is 10.5. The molecule has 0 radical (unpaired) electrons. The summed E-state index contributed by atoms with van der Waals surface area (Å²) in [6, 6.07) is 1.89. The lowest BCUT2D eigenvalue weighted by Gasteiger charge is -2.11. The topological polar surface area (TPSA) is 62.5 Å². The van der Waals surface area contributed by atoms with Gasteiger partial charge in [0.15, 0.2) is 6.20 Å². The van der Waals surface area contributed by atoms with Crippen LogP contribution in [0.5, 0.6) is 5.75 Å². The number of nitrogens with one attached hydrogen (secondary N) is 1. The Labute approximate surface area is 111 Å². The molecule has 19 heavy (non-hydrogen) atoms. The van der Waals surface area contributed by atoms with Gasteiger partial charge in [0.1, 0.15) is 17.5 Å². The van der Waals surface area contributed by atoms with E-state index in [4.69, 9.17) is 16.4 Å². The minimum absolute atomic E-state index is 0.0359. The maximum atomic E-state index is 8.98. The average Bonchev–Trinajstić information content (AvgIpc) is 2.82. The number of H-pyrrole nitrogens is 1. The third kappa shape index (κ3) is 3.12. The van der Waals surface area contributed by atoms with Crippen molar-refractivity contribution in [1.82, 2.24) is 9.97 Å². The zero-order valence-electron chi connectivity index (χ0n) is 10.6. The molecule has 0 fully saturated rings. The van der Waals surface area contributed by atoms with Gasteiger partial charge >= 0.3 is 0 Å². The van der Waals surface area contributed by atoms with Crippen LogP contribution in [0.4, 0.5) is 0 Å². The largest absolute Gasteiger partial charge is 0.487 e. The molecule has 5 heteroatoms. The van der Waals surface area contributed by atoms with Gasteiger partial charge in [0, 0.05) is 11.6 Å². The zero-order valence-corrected chi connectivity index (χ0v) is 10.6. The van der Waals surface area contributed by atoms with Gasteiger partial charge in [-0.25, -0.2) is 9.83 Å². The van der Waals surface area contributed by atoms with Gasteiger partial charge in [0.05, 0.1) is 19.4 Å². The maximum absolute atomic E-state index is 8.98. The monoisotopic (exact) mass is 257 g/mol. The predicted molar refractivity (Wildman–Crippen MR) is 72.7 cm³/mol. The van der Waals surface area contributed by atoms with Crippen LogP contribution in [0, 0.1) is 6.57 Å². The van der Waals surface area contributed by atoms with E-state index in [1.54, 1.807) is 19.2 Å². The molecule has 1 atom stereocenters. The number of allylic oxidation sites excluding steroid dienone is 1. The number of aromatic nitrogens is 2. The lowest BCUT2D eigenvalue weighted by atomic mass is 10.1. The summed E-state index contributed by atoms with van der Waals surface area (Å²) in [5.74, 6) is 0.629. The van der Waals surface area contributed by atoms with E-state index in [2.05, 4.69) is 14.8 Å². The number of hydrogen-bond donors (Lipinski definition) is 2. The Morgan fingerprint density at radius 1 is 1.63 bits per heavy atom. The average molecular weight is 257 g/mol. The van der Waals surface area contributed by atoms with E-state index >= 15 is 0 Å². The Bertz CT molecular complexity index is 625. The zero-order chi connectivity index (χ0) is 13.7. The fourth-order valence-electron chi connectivity index (χ4n) is 1.77. The molecular weight excluding hydrogens is 242 g/mol. The summed E-state index contributed by atoms with van der Waals surface area (Å²) < 4.78 is 5.53. The highest BCUT2D eigenvalue weighted by molar-refractivity contribution is 5.81. The number of fused-ring (bicyclic) bond motifs is 1. The third-order valence-electron chi connectivity index (χ3n) is 2.70. The van der Waals surface area contributed by atoms with E-state index in [9.17, 15) is 0 Å². The van der Waals surface area contributed by atoms with Crippen LogP contribution >= 0.6 is 0 Å². The Balaban J connectivity index is 2.27. The first-order valence-electron chi connectivity index (χ1n) is 5.99. The first kappa shape index (κ1) is 13.1. The fraction of sp³-hybridized carbons (Fsp3) is 0.286. The van der Waals surface area contributed by atoms with Crippen LogP contribution in [0.1, 0.15) is 12.5 Å². The van der Waals surface area contributed by atoms with E-state index in [1.807, 2.05) is 12.3 Å². The Hall–Kier alpha value is -2.32. The molecule has 0 aliphatic rings. The maximum Gasteiger partial charge on any atom is 0.150 e. The molecule has 98 valence electrons. The van der Waals surface area contributed by atoms with Crippen LogP contribution in [0.15, 0.2) is 30.7 Å². The number of nitrogens with zero attached hydrogens (tertiary/aromatic N) is 2. The van der Waals surface area contributed by atoms with Gasteiger partial charge in [-0.15, -0.1) is 0 Å². The molecule has 0 aliphatic carbocycles. The van der Waals surface area contributed by atoms with Gasteiger partial charge in [-0.1, -0.05) is 6.08 Å². The van der Waals surface area contributed by atoms with Gasteiger partial charge in [-0.2, -0.15) is 0 Å². The van der Waals surface area contributed by atoms with Gasteiger partial charge in [-0.05, 0) is 25.0 Å². The molecule has 1 unspecified atom stereocenters. The lowest BCUT2D eigenvalue weighted by molar-refractivity contribution is 0.129. The van der Waals surface area contributed by atoms with Gasteiger partial charge in [0.2, 0.25) is 0 Å². The smallest absolute Gasteiger partial charge is 0.150 e. The molecular formula is C14H15N3O2. The van der Waals surface area contributed by atoms with Crippen molar-refractivity contribution in [3.8, 4) is 5.75 Å². The number of hydrogen-bond acceptors (Lipinski definition) is 3. The SMILES string of the molecule is [C-]#[N+]/C=C\Cc1c[nH]c2ncc(OC(C)CO)cc12. The number of rotatable bonds is 5. The summed E-state index contributed by atoms with van der Waals surface area (Å²) in [6.07, 6.45) is 7.17. The van der Waals surface area contributed by atoms with E-state index in [1.165, 1.54) is 6.20 Å². The number of aliphatic hydroxyl groups is 1. The van der Waals surface area contributed by atoms with Crippen LogP contribution < -0.4 is 4.74 Å². The molecule has 2 rings (SSSR count). The number of aromatic amines is 1. The molecule has 0 spiro atoms. The highest BCUT2D eigenvalue weighted by Crippen LogP contribution is 2.22. The third-order valence-corrected chi connectivity index (χ3v) is 2.70. The first-order chi connectivity index (χ1) is 9.24. The molecule has 5 nitrogen and oxygen atoms in total. The van der Waals surface area contributed by atoms with E-state index in [0.717, 1.165) is 16.6 Å². The molecule has 0 amide bonds. The quantitative estimate of drug-likeness (QED) is 0.808. The summed E-state index contributed by atoms with van der Waals surface area (Å²) in [5, 5.41) is 9.95. The van der Waals surface area contributed by atoms with Crippen molar-refractivity contribution in [3.05, 3.63) is 47.7 Å². The van der Waals surface area contributed by atoms with Crippen molar-refractivity contribution in [1.29, 1.82) is 0 Å². The van der Waals surface area contributed by atoms with Crippen molar-refractivity contribution in [3.63, 3.8) is 0 Å². The number of pyridine rings is 1. The second-order valence-corrected chi connectivity index (χ2v) is 4.21. The number of ether oxygens (including phenoxy) is 1. The van der Waals surface area contributed by atoms with Gasteiger partial charge in [-0.3, -0.25) is 0 Å². The number of aliphatic hydroxyl groups excluding tert-OH is 1. The van der Waals surface area contributed by atoms with Gasteiger partial charge in [0.25, 0.3) is 0 Å². The molecule has 0 aliphatic heterocycles. The molecule has 0 saturated heterocycles. The van der Waals surface area contributed by atoms with Crippen LogP contribution in [0.25, 0.3) is 15.9 Å². The predicted octanol–water partition coefficient (Wildman–Crippen LogP) is 2.30. The van der Waals surface area contributed by atoms with Crippen LogP contribution in [0.3, 0.4) is 0 Å². The normalized spacial score (nSPS) is 12.7. The highest BCUT2D eigenvalue weighted by atomic mass is 16.5. The Kier molecular flexibility index (Phi) is 4.16. The van der Waals surface area contributed by atoms with Crippen LogP contribution in [-0.2, 0) is 6.42 Å². The van der Waals surface area contributed by atoms with Crippen molar-refractivity contribution in [2.75, 3.05) is 6.61 Å². The molecule has 2 N–H and O–H groups in total. The van der Waals surface area contributed by atoms with E-state index in [0.29, 0.717) is 12.2 Å². The highest BCUT2D eigenvalue weighted by Gasteiger charge is 2.07. The van der Waals surface area contributed by atoms with Gasteiger partial charge < -0.3 is 14.8 Å². The molecule has 0 saturated carbocycles. The minimum Gasteiger partial charge on any atom is -0.487 e. The summed E-state index contributed by atoms with van der Waals surface area (Å²) >= 11 is 0. The van der Waals surface area contributed by atoms with E-state index < -0.39 is 0 Å². The van der Waals surface area contributed by atoms with Crippen molar-refractivity contribution >= 4 is 11.0 Å². The Morgan fingerprint density at radius 3 is 3.21 bits per heavy atom. The Morgan fingerprint density at radius 2 is 2.47 bits per heavy atom. The van der Waals surface area contributed by atoms with Crippen molar-refractivity contribution < 1.29 is 9.84 Å². The van der Waals surface area contributed by atoms with Crippen LogP contribution in [-0.4, -0.2) is 27.8 Å². The summed E-state index contributed by atoms with van der Waals surface area (Å²) in [7, 11) is 0. The van der Waals surface area contributed by atoms with Crippen LogP contribution in [0.2, 0.25) is 0 Å². The molecule has 2 heterocycles. The second kappa shape index (κ2) is 6.03. The first-order valence-corrected chi connectivity index (χ1v) is 5.99. The summed E-state index contributed by atoms with van der Waals surface area (Å²) in [6.45, 7) is 8.46. The molecule has 0 aromatic carbocycles. The van der Waals surface area contributed by atoms with Crippen molar-refractivity contribution in [2.45, 2.75) is 19.4 Å². The standard InChI is InChI=1S/C14H15N3O2/c1-10(9-18)19-12-6-13-11(4-3-5-15-2)7-16-14(13)17-8-12/h3,5-8,10,18H,4,9H2,1H3,(H,16,17)/b5-3-. The second-order valence-electron chi connectivity index (χ2n) is 4.21. The molecule has 0 bridgehead atoms. The van der Waals surface area contributed by atoms with Crippen molar-refractivity contribution in [2.24, 2.45) is 0 Å². The fourth-order valence-corrected chi connectivity index (χ4v) is 1.77. The lowest BCUT2D eigenvalue weighted by Crippen LogP contribution is -2.16. The minimum atomic E-state index is -0.261.